The van der Waals surface area contributed by atoms with Crippen LogP contribution in [-0.2, 0) is 0 Å². The Balaban J connectivity index is 2.11. The molecule has 0 unspecified atom stereocenters. The minimum atomic E-state index is -0.677. The standard InChI is InChI=1S/C11H13F2N3/c12-8-4-3-5-9(13)10(8)15-11(14)16-6-1-2-7-16/h3-5H,1-2,6-7H2,(H2,14,15). The Hall–Kier alpha value is -1.65. The zero-order valence-corrected chi connectivity index (χ0v) is 8.76. The summed E-state index contributed by atoms with van der Waals surface area (Å²) in [5, 5.41) is 10.2. The van der Waals surface area contributed by atoms with Crippen LogP contribution in [0.1, 0.15) is 12.8 Å². The molecule has 0 radical (unpaired) electrons. The number of rotatable bonds is 1. The molecule has 0 atom stereocenters. The van der Waals surface area contributed by atoms with E-state index in [2.05, 4.69) is 5.32 Å². The van der Waals surface area contributed by atoms with Crippen molar-refractivity contribution in [3.05, 3.63) is 29.8 Å². The summed E-state index contributed by atoms with van der Waals surface area (Å²) in [5.74, 6) is -1.30. The fourth-order valence-electron chi connectivity index (χ4n) is 1.76. The first kappa shape index (κ1) is 10.9. The second kappa shape index (κ2) is 4.47. The molecule has 1 aromatic rings. The third kappa shape index (κ3) is 2.13. The van der Waals surface area contributed by atoms with Crippen LogP contribution in [0.15, 0.2) is 18.2 Å². The Kier molecular flexibility index (Phi) is 3.03. The number of nitrogens with zero attached hydrogens (tertiary/aromatic N) is 1. The number of benzene rings is 1. The van der Waals surface area contributed by atoms with Crippen LogP contribution in [0.25, 0.3) is 0 Å². The normalized spacial score (nSPS) is 15.2. The first-order valence-electron chi connectivity index (χ1n) is 5.23. The third-order valence-corrected chi connectivity index (χ3v) is 2.63. The highest BCUT2D eigenvalue weighted by atomic mass is 19.1. The summed E-state index contributed by atoms with van der Waals surface area (Å²) in [6, 6.07) is 3.64. The molecule has 0 spiro atoms. The molecule has 0 aliphatic carbocycles. The molecule has 0 aromatic heterocycles. The van der Waals surface area contributed by atoms with Crippen molar-refractivity contribution in [2.24, 2.45) is 0 Å². The van der Waals surface area contributed by atoms with Crippen molar-refractivity contribution in [2.45, 2.75) is 12.8 Å². The fourth-order valence-corrected chi connectivity index (χ4v) is 1.76. The average molecular weight is 225 g/mol. The van der Waals surface area contributed by atoms with Crippen LogP contribution in [0.5, 0.6) is 0 Å². The summed E-state index contributed by atoms with van der Waals surface area (Å²) in [6.45, 7) is 1.53. The number of guanidine groups is 1. The Labute approximate surface area is 92.6 Å². The molecule has 16 heavy (non-hydrogen) atoms. The van der Waals surface area contributed by atoms with E-state index in [1.165, 1.54) is 18.2 Å². The maximum absolute atomic E-state index is 13.3. The van der Waals surface area contributed by atoms with Gasteiger partial charge in [0.15, 0.2) is 5.96 Å². The van der Waals surface area contributed by atoms with Crippen molar-refractivity contribution in [3.63, 3.8) is 0 Å². The Bertz CT molecular complexity index is 380. The minimum Gasteiger partial charge on any atom is -0.343 e. The van der Waals surface area contributed by atoms with Gasteiger partial charge in [0.2, 0.25) is 0 Å². The lowest BCUT2D eigenvalue weighted by atomic mass is 10.3. The van der Waals surface area contributed by atoms with Crippen LogP contribution in [0.4, 0.5) is 14.5 Å². The van der Waals surface area contributed by atoms with Crippen molar-refractivity contribution >= 4 is 11.6 Å². The smallest absolute Gasteiger partial charge is 0.195 e. The lowest BCUT2D eigenvalue weighted by Gasteiger charge is -2.19. The molecular formula is C11H13F2N3. The van der Waals surface area contributed by atoms with Crippen LogP contribution < -0.4 is 5.32 Å². The lowest BCUT2D eigenvalue weighted by Crippen LogP contribution is -2.33. The van der Waals surface area contributed by atoms with E-state index in [4.69, 9.17) is 5.41 Å². The monoisotopic (exact) mass is 225 g/mol. The van der Waals surface area contributed by atoms with Gasteiger partial charge in [-0.05, 0) is 25.0 Å². The lowest BCUT2D eigenvalue weighted by molar-refractivity contribution is 0.512. The molecule has 2 N–H and O–H groups in total. The fraction of sp³-hybridized carbons (Fsp3) is 0.364. The van der Waals surface area contributed by atoms with Crippen LogP contribution in [0.2, 0.25) is 0 Å². The topological polar surface area (TPSA) is 39.1 Å². The molecule has 2 rings (SSSR count). The van der Waals surface area contributed by atoms with Crippen LogP contribution in [0.3, 0.4) is 0 Å². The highest BCUT2D eigenvalue weighted by Gasteiger charge is 2.17. The molecule has 3 nitrogen and oxygen atoms in total. The molecule has 0 saturated carbocycles. The summed E-state index contributed by atoms with van der Waals surface area (Å²) >= 11 is 0. The molecule has 0 bridgehead atoms. The SMILES string of the molecule is N=C(Nc1c(F)cccc1F)N1CCCC1. The van der Waals surface area contributed by atoms with Gasteiger partial charge in [0.05, 0.1) is 0 Å². The van der Waals surface area contributed by atoms with Gasteiger partial charge in [0, 0.05) is 13.1 Å². The number of likely N-dealkylation sites (tertiary alicyclic amines) is 1. The molecule has 5 heteroatoms. The van der Waals surface area contributed by atoms with Crippen molar-refractivity contribution in [3.8, 4) is 0 Å². The van der Waals surface area contributed by atoms with Crippen LogP contribution in [-0.4, -0.2) is 23.9 Å². The van der Waals surface area contributed by atoms with E-state index in [-0.39, 0.29) is 11.6 Å². The van der Waals surface area contributed by atoms with Gasteiger partial charge in [-0.3, -0.25) is 5.41 Å². The number of nitrogens with one attached hydrogen (secondary N) is 2. The molecule has 86 valence electrons. The molecule has 1 aliphatic rings. The van der Waals surface area contributed by atoms with Gasteiger partial charge in [-0.25, -0.2) is 8.78 Å². The van der Waals surface area contributed by atoms with Gasteiger partial charge in [-0.15, -0.1) is 0 Å². The Morgan fingerprint density at radius 1 is 1.19 bits per heavy atom. The number of hydrogen-bond acceptors (Lipinski definition) is 1. The second-order valence-corrected chi connectivity index (χ2v) is 3.76. The van der Waals surface area contributed by atoms with Crippen LogP contribution in [0, 0.1) is 17.0 Å². The molecule has 1 heterocycles. The summed E-state index contributed by atoms with van der Waals surface area (Å²) in [6.07, 6.45) is 2.04. The summed E-state index contributed by atoms with van der Waals surface area (Å²) < 4.78 is 26.6. The molecule has 1 fully saturated rings. The first-order chi connectivity index (χ1) is 7.68. The van der Waals surface area contributed by atoms with E-state index in [1.54, 1.807) is 4.90 Å². The number of anilines is 1. The highest BCUT2D eigenvalue weighted by molar-refractivity contribution is 5.91. The maximum atomic E-state index is 13.3. The van der Waals surface area contributed by atoms with Crippen molar-refractivity contribution < 1.29 is 8.78 Å². The van der Waals surface area contributed by atoms with E-state index >= 15 is 0 Å². The molecule has 1 aliphatic heterocycles. The zero-order valence-electron chi connectivity index (χ0n) is 8.76. The van der Waals surface area contributed by atoms with Gasteiger partial charge in [0.25, 0.3) is 0 Å². The van der Waals surface area contributed by atoms with Crippen LogP contribution >= 0.6 is 0 Å². The summed E-state index contributed by atoms with van der Waals surface area (Å²) in [4.78, 5) is 1.77. The summed E-state index contributed by atoms with van der Waals surface area (Å²) in [7, 11) is 0. The molecule has 1 aromatic carbocycles. The average Bonchev–Trinajstić information content (AvgIpc) is 2.76. The van der Waals surface area contributed by atoms with E-state index in [9.17, 15) is 8.78 Å². The highest BCUT2D eigenvalue weighted by Crippen LogP contribution is 2.19. The molecule has 0 amide bonds. The first-order valence-corrected chi connectivity index (χ1v) is 5.23. The van der Waals surface area contributed by atoms with Gasteiger partial charge >= 0.3 is 0 Å². The quantitative estimate of drug-likeness (QED) is 0.569. The zero-order chi connectivity index (χ0) is 11.5. The third-order valence-electron chi connectivity index (χ3n) is 2.63. The Morgan fingerprint density at radius 2 is 1.75 bits per heavy atom. The molecule has 1 saturated heterocycles. The second-order valence-electron chi connectivity index (χ2n) is 3.76. The van der Waals surface area contributed by atoms with Gasteiger partial charge < -0.3 is 10.2 Å². The van der Waals surface area contributed by atoms with E-state index in [0.29, 0.717) is 0 Å². The van der Waals surface area contributed by atoms with Crippen molar-refractivity contribution in [1.29, 1.82) is 5.41 Å². The number of halogens is 2. The van der Waals surface area contributed by atoms with E-state index in [1.807, 2.05) is 0 Å². The minimum absolute atomic E-state index is 0.0569. The predicted molar refractivity (Wildman–Crippen MR) is 58.5 cm³/mol. The van der Waals surface area contributed by atoms with Gasteiger partial charge in [0.1, 0.15) is 17.3 Å². The number of hydrogen-bond donors (Lipinski definition) is 2. The molecular weight excluding hydrogens is 212 g/mol. The Morgan fingerprint density at radius 3 is 2.31 bits per heavy atom. The van der Waals surface area contributed by atoms with Crippen molar-refractivity contribution in [1.82, 2.24) is 4.90 Å². The van der Waals surface area contributed by atoms with E-state index in [0.717, 1.165) is 25.9 Å². The van der Waals surface area contributed by atoms with Gasteiger partial charge in [-0.1, -0.05) is 6.07 Å². The largest absolute Gasteiger partial charge is 0.343 e. The predicted octanol–water partition coefficient (Wildman–Crippen LogP) is 2.41. The van der Waals surface area contributed by atoms with E-state index < -0.39 is 11.6 Å². The maximum Gasteiger partial charge on any atom is 0.195 e. The van der Waals surface area contributed by atoms with Gasteiger partial charge in [-0.2, -0.15) is 0 Å². The number of para-hydroxylation sites is 1. The summed E-state index contributed by atoms with van der Waals surface area (Å²) in [5.41, 5.74) is -0.251. The van der Waals surface area contributed by atoms with Crippen molar-refractivity contribution in [2.75, 3.05) is 18.4 Å².